The van der Waals surface area contributed by atoms with Gasteiger partial charge in [-0.05, 0) is 25.1 Å². The molecule has 98 valence electrons. The SMILES string of the molecule is Cc1cnc(CNc2ccc(C(N)=S)c(F)c2)cn1. The van der Waals surface area contributed by atoms with Crippen molar-refractivity contribution in [3.05, 3.63) is 53.4 Å². The van der Waals surface area contributed by atoms with Crippen LogP contribution in [0.15, 0.2) is 30.6 Å². The van der Waals surface area contributed by atoms with E-state index in [9.17, 15) is 4.39 Å². The van der Waals surface area contributed by atoms with Gasteiger partial charge in [0, 0.05) is 17.4 Å². The first-order valence-electron chi connectivity index (χ1n) is 5.67. The van der Waals surface area contributed by atoms with Gasteiger partial charge in [0.2, 0.25) is 0 Å². The maximum atomic E-state index is 13.6. The van der Waals surface area contributed by atoms with Crippen LogP contribution in [0.25, 0.3) is 0 Å². The summed E-state index contributed by atoms with van der Waals surface area (Å²) in [6, 6.07) is 4.64. The fourth-order valence-electron chi connectivity index (χ4n) is 1.53. The molecular weight excluding hydrogens is 263 g/mol. The Morgan fingerprint density at radius 3 is 2.74 bits per heavy atom. The van der Waals surface area contributed by atoms with Crippen LogP contribution in [0.5, 0.6) is 0 Å². The van der Waals surface area contributed by atoms with Crippen LogP contribution in [0.4, 0.5) is 10.1 Å². The van der Waals surface area contributed by atoms with Crippen molar-refractivity contribution in [2.45, 2.75) is 13.5 Å². The summed E-state index contributed by atoms with van der Waals surface area (Å²) in [5, 5.41) is 3.06. The zero-order valence-corrected chi connectivity index (χ0v) is 11.2. The highest BCUT2D eigenvalue weighted by molar-refractivity contribution is 7.80. The summed E-state index contributed by atoms with van der Waals surface area (Å²) in [6.07, 6.45) is 3.37. The number of nitrogens with two attached hydrogens (primary N) is 1. The lowest BCUT2D eigenvalue weighted by molar-refractivity contribution is 0.626. The molecule has 0 amide bonds. The van der Waals surface area contributed by atoms with E-state index in [0.29, 0.717) is 12.2 Å². The Morgan fingerprint density at radius 1 is 1.37 bits per heavy atom. The number of aromatic nitrogens is 2. The zero-order chi connectivity index (χ0) is 13.8. The van der Waals surface area contributed by atoms with Gasteiger partial charge in [-0.25, -0.2) is 4.39 Å². The molecule has 2 aromatic rings. The minimum absolute atomic E-state index is 0.0495. The summed E-state index contributed by atoms with van der Waals surface area (Å²) in [5.41, 5.74) is 7.92. The van der Waals surface area contributed by atoms with E-state index in [1.54, 1.807) is 24.5 Å². The second-order valence-electron chi connectivity index (χ2n) is 4.06. The van der Waals surface area contributed by atoms with Gasteiger partial charge in [0.1, 0.15) is 10.8 Å². The molecule has 1 aromatic heterocycles. The molecule has 0 radical (unpaired) electrons. The van der Waals surface area contributed by atoms with Crippen molar-refractivity contribution in [2.75, 3.05) is 5.32 Å². The molecule has 0 saturated carbocycles. The molecule has 1 aromatic carbocycles. The molecular formula is C13H13FN4S. The molecule has 19 heavy (non-hydrogen) atoms. The third kappa shape index (κ3) is 3.45. The number of rotatable bonds is 4. The Labute approximate surface area is 115 Å². The van der Waals surface area contributed by atoms with E-state index >= 15 is 0 Å². The van der Waals surface area contributed by atoms with Crippen LogP contribution in [-0.2, 0) is 6.54 Å². The van der Waals surface area contributed by atoms with E-state index in [-0.39, 0.29) is 10.6 Å². The molecule has 0 aliphatic carbocycles. The molecule has 4 nitrogen and oxygen atoms in total. The molecule has 0 bridgehead atoms. The van der Waals surface area contributed by atoms with Crippen LogP contribution in [0.2, 0.25) is 0 Å². The Balaban J connectivity index is 2.06. The second kappa shape index (κ2) is 5.71. The van der Waals surface area contributed by atoms with Crippen LogP contribution in [-0.4, -0.2) is 15.0 Å². The van der Waals surface area contributed by atoms with Gasteiger partial charge in [0.15, 0.2) is 0 Å². The minimum Gasteiger partial charge on any atom is -0.389 e. The molecule has 0 fully saturated rings. The maximum absolute atomic E-state index is 13.6. The van der Waals surface area contributed by atoms with Crippen molar-refractivity contribution in [3.8, 4) is 0 Å². The average Bonchev–Trinajstić information content (AvgIpc) is 2.37. The van der Waals surface area contributed by atoms with Gasteiger partial charge in [0.25, 0.3) is 0 Å². The number of hydrogen-bond acceptors (Lipinski definition) is 4. The summed E-state index contributed by atoms with van der Waals surface area (Å²) in [4.78, 5) is 8.39. The summed E-state index contributed by atoms with van der Waals surface area (Å²) in [6.45, 7) is 2.34. The fraction of sp³-hybridized carbons (Fsp3) is 0.154. The number of benzene rings is 1. The fourth-order valence-corrected chi connectivity index (χ4v) is 1.69. The van der Waals surface area contributed by atoms with Gasteiger partial charge < -0.3 is 11.1 Å². The standard InChI is InChI=1S/C13H13FN4S/c1-8-5-17-10(6-16-8)7-18-9-2-3-11(13(15)19)12(14)4-9/h2-6,18H,7H2,1H3,(H2,15,19). The highest BCUT2D eigenvalue weighted by Crippen LogP contribution is 2.15. The molecule has 0 aliphatic rings. The number of nitrogens with one attached hydrogen (secondary N) is 1. The Kier molecular flexibility index (Phi) is 4.01. The third-order valence-corrected chi connectivity index (χ3v) is 2.76. The van der Waals surface area contributed by atoms with E-state index in [1.165, 1.54) is 6.07 Å². The van der Waals surface area contributed by atoms with Crippen molar-refractivity contribution < 1.29 is 4.39 Å². The molecule has 3 N–H and O–H groups in total. The first-order valence-corrected chi connectivity index (χ1v) is 6.08. The van der Waals surface area contributed by atoms with Gasteiger partial charge >= 0.3 is 0 Å². The summed E-state index contributed by atoms with van der Waals surface area (Å²) in [5.74, 6) is -0.438. The van der Waals surface area contributed by atoms with Crippen molar-refractivity contribution in [1.29, 1.82) is 0 Å². The van der Waals surface area contributed by atoms with Crippen molar-refractivity contribution in [3.63, 3.8) is 0 Å². The molecule has 0 saturated heterocycles. The van der Waals surface area contributed by atoms with Crippen LogP contribution in [0.1, 0.15) is 17.0 Å². The van der Waals surface area contributed by atoms with Gasteiger partial charge in [-0.1, -0.05) is 12.2 Å². The Morgan fingerprint density at radius 2 is 2.16 bits per heavy atom. The molecule has 6 heteroatoms. The molecule has 0 aliphatic heterocycles. The van der Waals surface area contributed by atoms with Gasteiger partial charge in [-0.3, -0.25) is 9.97 Å². The van der Waals surface area contributed by atoms with Gasteiger partial charge in [-0.2, -0.15) is 0 Å². The van der Waals surface area contributed by atoms with Crippen LogP contribution in [0.3, 0.4) is 0 Å². The van der Waals surface area contributed by atoms with E-state index in [4.69, 9.17) is 18.0 Å². The molecule has 2 rings (SSSR count). The minimum atomic E-state index is -0.438. The third-order valence-electron chi connectivity index (χ3n) is 2.54. The number of hydrogen-bond donors (Lipinski definition) is 2. The van der Waals surface area contributed by atoms with Crippen LogP contribution >= 0.6 is 12.2 Å². The smallest absolute Gasteiger partial charge is 0.135 e. The van der Waals surface area contributed by atoms with E-state index in [0.717, 1.165) is 11.4 Å². The van der Waals surface area contributed by atoms with Crippen molar-refractivity contribution >= 4 is 22.9 Å². The summed E-state index contributed by atoms with van der Waals surface area (Å²) >= 11 is 4.75. The lowest BCUT2D eigenvalue weighted by atomic mass is 10.2. The van der Waals surface area contributed by atoms with E-state index < -0.39 is 5.82 Å². The van der Waals surface area contributed by atoms with E-state index in [2.05, 4.69) is 15.3 Å². The predicted octanol–water partition coefficient (Wildman–Crippen LogP) is 2.17. The summed E-state index contributed by atoms with van der Waals surface area (Å²) in [7, 11) is 0. The average molecular weight is 276 g/mol. The lowest BCUT2D eigenvalue weighted by Crippen LogP contribution is -2.12. The Bertz CT molecular complexity index is 598. The van der Waals surface area contributed by atoms with Crippen molar-refractivity contribution in [1.82, 2.24) is 9.97 Å². The monoisotopic (exact) mass is 276 g/mol. The first kappa shape index (κ1) is 13.4. The second-order valence-corrected chi connectivity index (χ2v) is 4.50. The van der Waals surface area contributed by atoms with Crippen molar-refractivity contribution in [2.24, 2.45) is 5.73 Å². The number of aryl methyl sites for hydroxylation is 1. The van der Waals surface area contributed by atoms with Gasteiger partial charge in [0.05, 0.1) is 24.1 Å². The number of halogens is 1. The molecule has 0 atom stereocenters. The zero-order valence-electron chi connectivity index (χ0n) is 10.4. The molecule has 1 heterocycles. The topological polar surface area (TPSA) is 63.8 Å². The maximum Gasteiger partial charge on any atom is 0.135 e. The van der Waals surface area contributed by atoms with Gasteiger partial charge in [-0.15, -0.1) is 0 Å². The number of anilines is 1. The quantitative estimate of drug-likeness (QED) is 0.838. The highest BCUT2D eigenvalue weighted by atomic mass is 32.1. The normalized spacial score (nSPS) is 10.2. The highest BCUT2D eigenvalue weighted by Gasteiger charge is 2.05. The van der Waals surface area contributed by atoms with Crippen LogP contribution < -0.4 is 11.1 Å². The molecule has 0 unspecified atom stereocenters. The Hall–Kier alpha value is -2.08. The first-order chi connectivity index (χ1) is 9.06. The number of thiocarbonyl (C=S) groups is 1. The molecule has 0 spiro atoms. The number of nitrogens with zero attached hydrogens (tertiary/aromatic N) is 2. The largest absolute Gasteiger partial charge is 0.389 e. The lowest BCUT2D eigenvalue weighted by Gasteiger charge is -2.08. The van der Waals surface area contributed by atoms with Crippen LogP contribution in [0, 0.1) is 12.7 Å². The summed E-state index contributed by atoms with van der Waals surface area (Å²) < 4.78 is 13.6. The van der Waals surface area contributed by atoms with E-state index in [1.807, 2.05) is 6.92 Å². The predicted molar refractivity (Wildman–Crippen MR) is 76.4 cm³/mol.